The molecule has 1 N–H and O–H groups in total. The van der Waals surface area contributed by atoms with Gasteiger partial charge in [0.25, 0.3) is 0 Å². The number of thiazole rings is 1. The minimum Gasteiger partial charge on any atom is -0.301 e. The van der Waals surface area contributed by atoms with E-state index < -0.39 is 0 Å². The molecule has 0 bridgehead atoms. The van der Waals surface area contributed by atoms with Gasteiger partial charge in [-0.2, -0.15) is 0 Å². The number of hydrogen-bond donors (Lipinski definition) is 1. The van der Waals surface area contributed by atoms with Crippen LogP contribution in [0.2, 0.25) is 5.02 Å². The average molecular weight is 568 g/mol. The Bertz CT molecular complexity index is 1760. The summed E-state index contributed by atoms with van der Waals surface area (Å²) >= 11 is 8.90. The van der Waals surface area contributed by atoms with Gasteiger partial charge >= 0.3 is 0 Å². The summed E-state index contributed by atoms with van der Waals surface area (Å²) in [5.41, 5.74) is 3.01. The van der Waals surface area contributed by atoms with E-state index in [1.165, 1.54) is 23.1 Å². The number of carbonyl (C=O) groups is 1. The molecule has 0 saturated carbocycles. The van der Waals surface area contributed by atoms with Crippen LogP contribution in [0.5, 0.6) is 0 Å². The summed E-state index contributed by atoms with van der Waals surface area (Å²) in [5.74, 6) is 0.744. The highest BCUT2D eigenvalue weighted by Gasteiger charge is 2.19. The Balaban J connectivity index is 1.21. The molecule has 6 nitrogen and oxygen atoms in total. The van der Waals surface area contributed by atoms with E-state index in [1.807, 2.05) is 77.4 Å². The third-order valence-corrected chi connectivity index (χ3v) is 8.15. The van der Waals surface area contributed by atoms with Gasteiger partial charge in [-0.25, -0.2) is 4.98 Å². The second-order valence-corrected chi connectivity index (χ2v) is 11.3. The fourth-order valence-corrected chi connectivity index (χ4v) is 6.18. The number of halogens is 1. The van der Waals surface area contributed by atoms with Crippen LogP contribution in [-0.2, 0) is 11.2 Å². The van der Waals surface area contributed by atoms with Gasteiger partial charge in [0.1, 0.15) is 0 Å². The van der Waals surface area contributed by atoms with Crippen LogP contribution in [0.3, 0.4) is 0 Å². The lowest BCUT2D eigenvalue weighted by Gasteiger charge is -2.12. The molecule has 2 heterocycles. The van der Waals surface area contributed by atoms with E-state index in [-0.39, 0.29) is 11.7 Å². The standard InChI is InChI=1S/C30H22ClN5OS2/c31-22-11-6-8-20(16-22)17-24-18-32-29(39-24)33-27(37)19-38-30-35-34-28(36(30)23-12-2-1-3-13-23)26-15-7-10-21-9-4-5-14-25(21)26/h1-16,18H,17,19H2,(H,32,33,37). The van der Waals surface area contributed by atoms with Crippen molar-refractivity contribution in [3.8, 4) is 17.1 Å². The van der Waals surface area contributed by atoms with Crippen molar-refractivity contribution < 1.29 is 4.79 Å². The highest BCUT2D eigenvalue weighted by molar-refractivity contribution is 7.99. The number of nitrogens with one attached hydrogen (secondary N) is 1. The molecule has 6 rings (SSSR count). The van der Waals surface area contributed by atoms with E-state index in [1.54, 1.807) is 6.20 Å². The maximum absolute atomic E-state index is 12.9. The topological polar surface area (TPSA) is 72.7 Å². The van der Waals surface area contributed by atoms with Crippen molar-refractivity contribution in [2.75, 3.05) is 11.1 Å². The molecule has 0 spiro atoms. The summed E-state index contributed by atoms with van der Waals surface area (Å²) in [7, 11) is 0. The highest BCUT2D eigenvalue weighted by Crippen LogP contribution is 2.32. The van der Waals surface area contributed by atoms with E-state index in [0.29, 0.717) is 21.7 Å². The first kappa shape index (κ1) is 25.3. The predicted octanol–water partition coefficient (Wildman–Crippen LogP) is 7.52. The fraction of sp³-hybridized carbons (Fsp3) is 0.0667. The fourth-order valence-electron chi connectivity index (χ4n) is 4.35. The number of amides is 1. The quantitative estimate of drug-likeness (QED) is 0.193. The Morgan fingerprint density at radius 3 is 2.59 bits per heavy atom. The van der Waals surface area contributed by atoms with Gasteiger partial charge in [-0.1, -0.05) is 96.2 Å². The molecule has 4 aromatic carbocycles. The molecule has 9 heteroatoms. The Kier molecular flexibility index (Phi) is 7.40. The van der Waals surface area contributed by atoms with Crippen LogP contribution in [0.25, 0.3) is 27.8 Å². The second kappa shape index (κ2) is 11.4. The highest BCUT2D eigenvalue weighted by atomic mass is 35.5. The lowest BCUT2D eigenvalue weighted by atomic mass is 10.0. The lowest BCUT2D eigenvalue weighted by molar-refractivity contribution is -0.113. The number of nitrogens with zero attached hydrogens (tertiary/aromatic N) is 4. The molecule has 6 aromatic rings. The van der Waals surface area contributed by atoms with Crippen LogP contribution in [0.15, 0.2) is 108 Å². The zero-order valence-electron chi connectivity index (χ0n) is 20.6. The smallest absolute Gasteiger partial charge is 0.236 e. The summed E-state index contributed by atoms with van der Waals surface area (Å²) in [6, 6.07) is 32.1. The van der Waals surface area contributed by atoms with Crippen molar-refractivity contribution in [2.24, 2.45) is 0 Å². The number of fused-ring (bicyclic) bond motifs is 1. The molecule has 0 aliphatic heterocycles. The van der Waals surface area contributed by atoms with Crippen LogP contribution in [0.4, 0.5) is 5.13 Å². The third kappa shape index (κ3) is 5.73. The Morgan fingerprint density at radius 1 is 0.923 bits per heavy atom. The molecular weight excluding hydrogens is 546 g/mol. The molecule has 0 aliphatic carbocycles. The maximum Gasteiger partial charge on any atom is 0.236 e. The summed E-state index contributed by atoms with van der Waals surface area (Å²) in [6.45, 7) is 0. The van der Waals surface area contributed by atoms with Crippen molar-refractivity contribution in [2.45, 2.75) is 11.6 Å². The van der Waals surface area contributed by atoms with Crippen molar-refractivity contribution in [1.82, 2.24) is 19.7 Å². The molecule has 0 saturated heterocycles. The Morgan fingerprint density at radius 2 is 1.72 bits per heavy atom. The van der Waals surface area contributed by atoms with E-state index in [4.69, 9.17) is 11.6 Å². The number of rotatable bonds is 8. The van der Waals surface area contributed by atoms with Crippen LogP contribution in [0, 0.1) is 0 Å². The number of benzene rings is 4. The van der Waals surface area contributed by atoms with Crippen LogP contribution in [0.1, 0.15) is 10.4 Å². The van der Waals surface area contributed by atoms with Crippen LogP contribution < -0.4 is 5.32 Å². The largest absolute Gasteiger partial charge is 0.301 e. The first-order valence-corrected chi connectivity index (χ1v) is 14.4. The van der Waals surface area contributed by atoms with Gasteiger partial charge in [-0.15, -0.1) is 21.5 Å². The van der Waals surface area contributed by atoms with Gasteiger partial charge in [-0.05, 0) is 40.6 Å². The first-order chi connectivity index (χ1) is 19.1. The van der Waals surface area contributed by atoms with E-state index in [0.717, 1.165) is 38.3 Å². The summed E-state index contributed by atoms with van der Waals surface area (Å²) in [5, 5.41) is 16.1. The van der Waals surface area contributed by atoms with Gasteiger partial charge in [0, 0.05) is 33.8 Å². The minimum absolute atomic E-state index is 0.155. The predicted molar refractivity (Wildman–Crippen MR) is 160 cm³/mol. The van der Waals surface area contributed by atoms with Gasteiger partial charge in [-0.3, -0.25) is 9.36 Å². The molecule has 0 radical (unpaired) electrons. The van der Waals surface area contributed by atoms with Crippen molar-refractivity contribution in [1.29, 1.82) is 0 Å². The monoisotopic (exact) mass is 567 g/mol. The van der Waals surface area contributed by atoms with E-state index in [2.05, 4.69) is 44.8 Å². The van der Waals surface area contributed by atoms with Gasteiger partial charge < -0.3 is 5.32 Å². The Hall–Kier alpha value is -3.98. The van der Waals surface area contributed by atoms with Gasteiger partial charge in [0.2, 0.25) is 5.91 Å². The summed E-state index contributed by atoms with van der Waals surface area (Å²) in [6.07, 6.45) is 2.50. The second-order valence-electron chi connectivity index (χ2n) is 8.78. The van der Waals surface area contributed by atoms with Crippen molar-refractivity contribution >= 4 is 56.5 Å². The molecule has 39 heavy (non-hydrogen) atoms. The first-order valence-electron chi connectivity index (χ1n) is 12.2. The SMILES string of the molecule is O=C(CSc1nnc(-c2cccc3ccccc23)n1-c1ccccc1)Nc1ncc(Cc2cccc(Cl)c2)s1. The van der Waals surface area contributed by atoms with Gasteiger partial charge in [0.15, 0.2) is 16.1 Å². The summed E-state index contributed by atoms with van der Waals surface area (Å²) in [4.78, 5) is 18.3. The van der Waals surface area contributed by atoms with Crippen molar-refractivity contribution in [3.05, 3.63) is 119 Å². The lowest BCUT2D eigenvalue weighted by Crippen LogP contribution is -2.14. The number of hydrogen-bond acceptors (Lipinski definition) is 6. The van der Waals surface area contributed by atoms with Gasteiger partial charge in [0.05, 0.1) is 5.75 Å². The molecule has 0 unspecified atom stereocenters. The van der Waals surface area contributed by atoms with E-state index >= 15 is 0 Å². The molecule has 0 fully saturated rings. The Labute approximate surface area is 238 Å². The zero-order chi connectivity index (χ0) is 26.6. The summed E-state index contributed by atoms with van der Waals surface area (Å²) < 4.78 is 2.01. The van der Waals surface area contributed by atoms with Crippen LogP contribution in [-0.4, -0.2) is 31.4 Å². The number of aromatic nitrogens is 4. The minimum atomic E-state index is -0.155. The molecule has 2 aromatic heterocycles. The number of carbonyl (C=O) groups excluding carboxylic acids is 1. The van der Waals surface area contributed by atoms with E-state index in [9.17, 15) is 4.79 Å². The maximum atomic E-state index is 12.9. The molecule has 0 aliphatic rings. The third-order valence-electron chi connectivity index (χ3n) is 6.08. The van der Waals surface area contributed by atoms with Crippen molar-refractivity contribution in [3.63, 3.8) is 0 Å². The number of thioether (sulfide) groups is 1. The average Bonchev–Trinajstić information content (AvgIpc) is 3.58. The number of anilines is 1. The normalized spacial score (nSPS) is 11.1. The van der Waals surface area contributed by atoms with Crippen LogP contribution >= 0.6 is 34.7 Å². The zero-order valence-corrected chi connectivity index (χ0v) is 23.0. The molecule has 1 amide bonds. The molecule has 192 valence electrons. The molecular formula is C30H22ClN5OS2. The molecule has 0 atom stereocenters. The number of para-hydroxylation sites is 1.